The lowest BCUT2D eigenvalue weighted by Gasteiger charge is -2.21. The van der Waals surface area contributed by atoms with E-state index < -0.39 is 6.04 Å². The van der Waals surface area contributed by atoms with Gasteiger partial charge in [0.25, 0.3) is 0 Å². The van der Waals surface area contributed by atoms with Crippen LogP contribution in [0.2, 0.25) is 5.02 Å². The van der Waals surface area contributed by atoms with Crippen molar-refractivity contribution < 1.29 is 14.3 Å². The Morgan fingerprint density at radius 1 is 1.43 bits per heavy atom. The molecule has 2 rings (SSSR count). The minimum Gasteiger partial charge on any atom is -0.464 e. The number of nitrogens with zero attached hydrogens (tertiary/aromatic N) is 1. The number of esters is 1. The summed E-state index contributed by atoms with van der Waals surface area (Å²) in [6.45, 7) is 2.67. The van der Waals surface area contributed by atoms with Gasteiger partial charge in [-0.1, -0.05) is 29.8 Å². The van der Waals surface area contributed by atoms with Crippen LogP contribution in [0.1, 0.15) is 25.3 Å². The number of halogens is 1. The summed E-state index contributed by atoms with van der Waals surface area (Å²) in [5.74, 6) is -0.514. The molecular formula is C16H18ClNO3. The summed E-state index contributed by atoms with van der Waals surface area (Å²) in [6, 6.07) is 6.82. The van der Waals surface area contributed by atoms with Crippen LogP contribution in [0.25, 0.3) is 6.08 Å². The largest absolute Gasteiger partial charge is 0.464 e. The van der Waals surface area contributed by atoms with Crippen molar-refractivity contribution in [2.75, 3.05) is 13.2 Å². The number of carbonyl (C=O) groups excluding carboxylic acids is 2. The van der Waals surface area contributed by atoms with Gasteiger partial charge in [-0.2, -0.15) is 0 Å². The third-order valence-electron chi connectivity index (χ3n) is 3.41. The van der Waals surface area contributed by atoms with Crippen LogP contribution in [0.15, 0.2) is 30.3 Å². The first kappa shape index (κ1) is 15.6. The molecule has 1 aromatic carbocycles. The van der Waals surface area contributed by atoms with Crippen molar-refractivity contribution in [2.24, 2.45) is 0 Å². The molecule has 1 heterocycles. The second-order valence-electron chi connectivity index (χ2n) is 4.80. The number of carbonyl (C=O) groups is 2. The molecule has 21 heavy (non-hydrogen) atoms. The predicted octanol–water partition coefficient (Wildman–Crippen LogP) is 2.91. The van der Waals surface area contributed by atoms with E-state index in [1.165, 1.54) is 6.08 Å². The van der Waals surface area contributed by atoms with Gasteiger partial charge >= 0.3 is 5.97 Å². The van der Waals surface area contributed by atoms with Gasteiger partial charge in [-0.05, 0) is 37.5 Å². The number of rotatable bonds is 4. The summed E-state index contributed by atoms with van der Waals surface area (Å²) >= 11 is 6.04. The number of hydrogen-bond donors (Lipinski definition) is 0. The van der Waals surface area contributed by atoms with E-state index in [9.17, 15) is 9.59 Å². The quantitative estimate of drug-likeness (QED) is 0.635. The van der Waals surface area contributed by atoms with Crippen molar-refractivity contribution in [3.63, 3.8) is 0 Å². The van der Waals surface area contributed by atoms with Gasteiger partial charge in [0.1, 0.15) is 6.04 Å². The molecule has 4 nitrogen and oxygen atoms in total. The zero-order valence-corrected chi connectivity index (χ0v) is 12.7. The molecule has 1 amide bonds. The van der Waals surface area contributed by atoms with Gasteiger partial charge in [0, 0.05) is 17.6 Å². The van der Waals surface area contributed by atoms with Crippen molar-refractivity contribution in [1.29, 1.82) is 0 Å². The molecule has 1 atom stereocenters. The van der Waals surface area contributed by atoms with Gasteiger partial charge in [-0.15, -0.1) is 0 Å². The molecule has 1 fully saturated rings. The second-order valence-corrected chi connectivity index (χ2v) is 5.20. The molecule has 5 heteroatoms. The standard InChI is InChI=1S/C16H18ClNO3/c1-2-21-16(20)14-8-5-11-18(14)15(19)10-9-12-6-3-4-7-13(12)17/h3-4,6-7,9-10,14H,2,5,8,11H2,1H3. The highest BCUT2D eigenvalue weighted by Crippen LogP contribution is 2.20. The van der Waals surface area contributed by atoms with E-state index in [2.05, 4.69) is 0 Å². The van der Waals surface area contributed by atoms with Crippen LogP contribution < -0.4 is 0 Å². The van der Waals surface area contributed by atoms with Crippen molar-refractivity contribution in [1.82, 2.24) is 4.90 Å². The molecule has 0 aromatic heterocycles. The Morgan fingerprint density at radius 3 is 2.90 bits per heavy atom. The molecule has 112 valence electrons. The van der Waals surface area contributed by atoms with E-state index in [4.69, 9.17) is 16.3 Å². The van der Waals surface area contributed by atoms with Crippen molar-refractivity contribution in [3.8, 4) is 0 Å². The lowest BCUT2D eigenvalue weighted by atomic mass is 10.2. The van der Waals surface area contributed by atoms with Crippen molar-refractivity contribution in [3.05, 3.63) is 40.9 Å². The van der Waals surface area contributed by atoms with Crippen LogP contribution in [0.5, 0.6) is 0 Å². The number of ether oxygens (including phenoxy) is 1. The van der Waals surface area contributed by atoms with E-state index in [0.29, 0.717) is 24.6 Å². The molecule has 0 saturated carbocycles. The first-order chi connectivity index (χ1) is 10.1. The monoisotopic (exact) mass is 307 g/mol. The molecule has 0 bridgehead atoms. The molecule has 0 aliphatic carbocycles. The average Bonchev–Trinajstić information content (AvgIpc) is 2.96. The predicted molar refractivity (Wildman–Crippen MR) is 81.9 cm³/mol. The van der Waals surface area contributed by atoms with Gasteiger partial charge in [0.05, 0.1) is 6.61 Å². The summed E-state index contributed by atoms with van der Waals surface area (Å²) in [5.41, 5.74) is 0.777. The molecule has 0 radical (unpaired) electrons. The van der Waals surface area contributed by atoms with E-state index in [1.807, 2.05) is 18.2 Å². The summed E-state index contributed by atoms with van der Waals surface area (Å²) in [5, 5.41) is 0.588. The Balaban J connectivity index is 2.05. The van der Waals surface area contributed by atoms with Gasteiger partial charge in [-0.3, -0.25) is 4.79 Å². The van der Waals surface area contributed by atoms with Crippen LogP contribution in [-0.4, -0.2) is 36.0 Å². The number of likely N-dealkylation sites (tertiary alicyclic amines) is 1. The Morgan fingerprint density at radius 2 is 2.19 bits per heavy atom. The average molecular weight is 308 g/mol. The topological polar surface area (TPSA) is 46.6 Å². The Labute approximate surface area is 129 Å². The Kier molecular flexibility index (Phi) is 5.39. The SMILES string of the molecule is CCOC(=O)C1CCCN1C(=O)C=Cc1ccccc1Cl. The summed E-state index contributed by atoms with van der Waals surface area (Å²) < 4.78 is 5.01. The van der Waals surface area contributed by atoms with E-state index in [0.717, 1.165) is 12.0 Å². The fraction of sp³-hybridized carbons (Fsp3) is 0.375. The summed E-state index contributed by atoms with van der Waals surface area (Å²) in [6.07, 6.45) is 4.60. The van der Waals surface area contributed by atoms with E-state index in [-0.39, 0.29) is 11.9 Å². The summed E-state index contributed by atoms with van der Waals surface area (Å²) in [4.78, 5) is 25.6. The van der Waals surface area contributed by atoms with Gasteiger partial charge in [0.2, 0.25) is 5.91 Å². The first-order valence-corrected chi connectivity index (χ1v) is 7.41. The van der Waals surface area contributed by atoms with Crippen LogP contribution in [-0.2, 0) is 14.3 Å². The highest BCUT2D eigenvalue weighted by Gasteiger charge is 2.34. The molecule has 0 spiro atoms. The van der Waals surface area contributed by atoms with Crippen LogP contribution in [0.3, 0.4) is 0 Å². The van der Waals surface area contributed by atoms with Crippen molar-refractivity contribution >= 4 is 29.6 Å². The first-order valence-electron chi connectivity index (χ1n) is 7.03. The molecule has 1 unspecified atom stereocenters. The Bertz CT molecular complexity index is 556. The zero-order valence-electron chi connectivity index (χ0n) is 11.9. The maximum atomic E-state index is 12.2. The maximum absolute atomic E-state index is 12.2. The van der Waals surface area contributed by atoms with Crippen LogP contribution in [0.4, 0.5) is 0 Å². The van der Waals surface area contributed by atoms with E-state index >= 15 is 0 Å². The minimum absolute atomic E-state index is 0.189. The molecule has 1 saturated heterocycles. The number of benzene rings is 1. The van der Waals surface area contributed by atoms with Gasteiger partial charge < -0.3 is 9.64 Å². The second kappa shape index (κ2) is 7.27. The fourth-order valence-corrected chi connectivity index (χ4v) is 2.58. The molecule has 0 N–H and O–H groups in total. The highest BCUT2D eigenvalue weighted by molar-refractivity contribution is 6.32. The van der Waals surface area contributed by atoms with Crippen LogP contribution >= 0.6 is 11.6 Å². The molecule has 1 aliphatic rings. The lowest BCUT2D eigenvalue weighted by Crippen LogP contribution is -2.40. The zero-order chi connectivity index (χ0) is 15.2. The highest BCUT2D eigenvalue weighted by atomic mass is 35.5. The molecular weight excluding hydrogens is 290 g/mol. The number of amides is 1. The Hall–Kier alpha value is -1.81. The summed E-state index contributed by atoms with van der Waals surface area (Å²) in [7, 11) is 0. The van der Waals surface area contributed by atoms with Gasteiger partial charge in [-0.25, -0.2) is 4.79 Å². The normalized spacial score (nSPS) is 18.2. The number of hydrogen-bond acceptors (Lipinski definition) is 3. The van der Waals surface area contributed by atoms with E-state index in [1.54, 1.807) is 24.0 Å². The van der Waals surface area contributed by atoms with Crippen LogP contribution in [0, 0.1) is 0 Å². The third-order valence-corrected chi connectivity index (χ3v) is 3.75. The fourth-order valence-electron chi connectivity index (χ4n) is 2.38. The molecule has 1 aromatic rings. The molecule has 1 aliphatic heterocycles. The van der Waals surface area contributed by atoms with Gasteiger partial charge in [0.15, 0.2) is 0 Å². The maximum Gasteiger partial charge on any atom is 0.328 e. The minimum atomic E-state index is -0.464. The smallest absolute Gasteiger partial charge is 0.328 e. The lowest BCUT2D eigenvalue weighted by molar-refractivity contribution is -0.151. The van der Waals surface area contributed by atoms with Crippen molar-refractivity contribution in [2.45, 2.75) is 25.8 Å². The third kappa shape index (κ3) is 3.85.